The Morgan fingerprint density at radius 2 is 2.18 bits per heavy atom. The molecular formula is C17H20N2O3. The van der Waals surface area contributed by atoms with Crippen LogP contribution in [0.4, 0.5) is 5.69 Å². The summed E-state index contributed by atoms with van der Waals surface area (Å²) >= 11 is 0. The Kier molecular flexibility index (Phi) is 4.13. The number of rotatable bonds is 3. The van der Waals surface area contributed by atoms with E-state index in [4.69, 9.17) is 4.74 Å². The molecule has 3 rings (SSSR count). The first kappa shape index (κ1) is 14.6. The van der Waals surface area contributed by atoms with Crippen molar-refractivity contribution in [2.75, 3.05) is 18.5 Å². The summed E-state index contributed by atoms with van der Waals surface area (Å²) in [6.45, 7) is 0.256. The molecule has 1 heterocycles. The number of hydrogen-bond acceptors (Lipinski definition) is 3. The van der Waals surface area contributed by atoms with Crippen LogP contribution in [0, 0.1) is 5.92 Å². The maximum atomic E-state index is 12.7. The second kappa shape index (κ2) is 6.22. The third-order valence-corrected chi connectivity index (χ3v) is 4.16. The van der Waals surface area contributed by atoms with Gasteiger partial charge >= 0.3 is 0 Å². The van der Waals surface area contributed by atoms with E-state index in [2.05, 4.69) is 17.5 Å². The number of nitrogens with one attached hydrogen (secondary N) is 1. The summed E-state index contributed by atoms with van der Waals surface area (Å²) in [4.78, 5) is 26.3. The van der Waals surface area contributed by atoms with Crippen LogP contribution >= 0.6 is 0 Å². The molecule has 1 aromatic rings. The van der Waals surface area contributed by atoms with Gasteiger partial charge < -0.3 is 15.0 Å². The van der Waals surface area contributed by atoms with Crippen LogP contribution in [-0.2, 0) is 9.59 Å². The van der Waals surface area contributed by atoms with Gasteiger partial charge in [-0.05, 0) is 30.9 Å². The lowest BCUT2D eigenvalue weighted by atomic mass is 10.0. The zero-order valence-corrected chi connectivity index (χ0v) is 12.6. The molecule has 116 valence electrons. The minimum Gasteiger partial charge on any atom is -0.477 e. The number of carbonyl (C=O) groups excluding carboxylic acids is 2. The maximum absolute atomic E-state index is 12.7. The number of para-hydroxylation sites is 2. The Balaban J connectivity index is 1.82. The topological polar surface area (TPSA) is 58.6 Å². The molecule has 1 N–H and O–H groups in total. The number of allylic oxidation sites excluding steroid dienone is 2. The van der Waals surface area contributed by atoms with Crippen LogP contribution in [0.3, 0.4) is 0 Å². The van der Waals surface area contributed by atoms with Crippen molar-refractivity contribution in [3.05, 3.63) is 36.4 Å². The van der Waals surface area contributed by atoms with Gasteiger partial charge in [-0.3, -0.25) is 9.59 Å². The van der Waals surface area contributed by atoms with E-state index in [0.717, 1.165) is 18.5 Å². The maximum Gasteiger partial charge on any atom is 0.262 e. The van der Waals surface area contributed by atoms with E-state index in [-0.39, 0.29) is 18.4 Å². The third-order valence-electron chi connectivity index (χ3n) is 4.16. The second-order valence-electron chi connectivity index (χ2n) is 5.66. The summed E-state index contributed by atoms with van der Waals surface area (Å²) < 4.78 is 5.72. The van der Waals surface area contributed by atoms with Crippen LogP contribution < -0.4 is 15.0 Å². The van der Waals surface area contributed by atoms with E-state index in [1.165, 1.54) is 0 Å². The average molecular weight is 300 g/mol. The fourth-order valence-corrected chi connectivity index (χ4v) is 2.97. The summed E-state index contributed by atoms with van der Waals surface area (Å²) in [6, 6.07) is 7.36. The van der Waals surface area contributed by atoms with Crippen molar-refractivity contribution in [1.29, 1.82) is 0 Å². The average Bonchev–Trinajstić information content (AvgIpc) is 3.05. The van der Waals surface area contributed by atoms with E-state index >= 15 is 0 Å². The van der Waals surface area contributed by atoms with Gasteiger partial charge in [-0.25, -0.2) is 0 Å². The van der Waals surface area contributed by atoms with Crippen molar-refractivity contribution >= 4 is 17.5 Å². The number of anilines is 1. The van der Waals surface area contributed by atoms with E-state index in [0.29, 0.717) is 18.1 Å². The zero-order valence-electron chi connectivity index (χ0n) is 12.6. The van der Waals surface area contributed by atoms with Crippen LogP contribution in [0.1, 0.15) is 19.3 Å². The Hall–Kier alpha value is -2.30. The third kappa shape index (κ3) is 2.84. The molecule has 22 heavy (non-hydrogen) atoms. The SMILES string of the molecule is CNC(=O)[C@@H]1CN(C(=O)C[C@@H]2C=CCC2)c2ccccc2O1. The number of likely N-dealkylation sites (N-methyl/N-ethyl adjacent to an activating group) is 1. The van der Waals surface area contributed by atoms with Gasteiger partial charge in [0.1, 0.15) is 5.75 Å². The Morgan fingerprint density at radius 1 is 1.36 bits per heavy atom. The van der Waals surface area contributed by atoms with Crippen molar-refractivity contribution in [2.24, 2.45) is 5.92 Å². The normalized spacial score (nSPS) is 22.9. The first-order valence-corrected chi connectivity index (χ1v) is 7.63. The number of carbonyl (C=O) groups is 2. The van der Waals surface area contributed by atoms with Gasteiger partial charge in [0.05, 0.1) is 12.2 Å². The smallest absolute Gasteiger partial charge is 0.262 e. The summed E-state index contributed by atoms with van der Waals surface area (Å²) in [6.07, 6.45) is 6.11. The highest BCUT2D eigenvalue weighted by molar-refractivity contribution is 5.97. The molecule has 2 atom stereocenters. The van der Waals surface area contributed by atoms with Gasteiger partial charge in [0.2, 0.25) is 5.91 Å². The molecule has 2 aliphatic rings. The number of amides is 2. The van der Waals surface area contributed by atoms with Crippen molar-refractivity contribution in [3.63, 3.8) is 0 Å². The van der Waals surface area contributed by atoms with E-state index in [1.807, 2.05) is 18.2 Å². The number of hydrogen-bond donors (Lipinski definition) is 1. The molecule has 5 nitrogen and oxygen atoms in total. The highest BCUT2D eigenvalue weighted by Crippen LogP contribution is 2.34. The fraction of sp³-hybridized carbons (Fsp3) is 0.412. The number of ether oxygens (including phenoxy) is 1. The van der Waals surface area contributed by atoms with Crippen LogP contribution in [0.15, 0.2) is 36.4 Å². The lowest BCUT2D eigenvalue weighted by Gasteiger charge is -2.34. The molecule has 0 saturated heterocycles. The van der Waals surface area contributed by atoms with Crippen LogP contribution in [0.2, 0.25) is 0 Å². The van der Waals surface area contributed by atoms with Crippen molar-refractivity contribution < 1.29 is 14.3 Å². The molecular weight excluding hydrogens is 280 g/mol. The van der Waals surface area contributed by atoms with E-state index in [9.17, 15) is 9.59 Å². The fourth-order valence-electron chi connectivity index (χ4n) is 2.97. The Labute approximate surface area is 129 Å². The van der Waals surface area contributed by atoms with Gasteiger partial charge in [-0.2, -0.15) is 0 Å². The highest BCUT2D eigenvalue weighted by Gasteiger charge is 2.33. The van der Waals surface area contributed by atoms with Crippen LogP contribution in [-0.4, -0.2) is 31.5 Å². The summed E-state index contributed by atoms with van der Waals surface area (Å²) in [5.74, 6) is 0.716. The van der Waals surface area contributed by atoms with Crippen molar-refractivity contribution in [3.8, 4) is 5.75 Å². The molecule has 0 aromatic heterocycles. The van der Waals surface area contributed by atoms with Gasteiger partial charge in [-0.1, -0.05) is 24.3 Å². The second-order valence-corrected chi connectivity index (χ2v) is 5.66. The lowest BCUT2D eigenvalue weighted by Crippen LogP contribution is -2.50. The predicted molar refractivity (Wildman–Crippen MR) is 83.8 cm³/mol. The van der Waals surface area contributed by atoms with E-state index in [1.54, 1.807) is 18.0 Å². The quantitative estimate of drug-likeness (QED) is 0.867. The summed E-state index contributed by atoms with van der Waals surface area (Å²) in [5.41, 5.74) is 0.745. The van der Waals surface area contributed by atoms with Crippen molar-refractivity contribution in [1.82, 2.24) is 5.32 Å². The molecule has 1 aliphatic heterocycles. The molecule has 1 aliphatic carbocycles. The first-order chi connectivity index (χ1) is 10.7. The van der Waals surface area contributed by atoms with Gasteiger partial charge in [-0.15, -0.1) is 0 Å². The highest BCUT2D eigenvalue weighted by atomic mass is 16.5. The predicted octanol–water partition coefficient (Wildman–Crippen LogP) is 1.88. The zero-order chi connectivity index (χ0) is 15.5. The molecule has 5 heteroatoms. The molecule has 0 unspecified atom stereocenters. The largest absolute Gasteiger partial charge is 0.477 e. The molecule has 0 saturated carbocycles. The molecule has 0 spiro atoms. The Bertz CT molecular complexity index is 612. The summed E-state index contributed by atoms with van der Waals surface area (Å²) in [5, 5.41) is 2.59. The standard InChI is InChI=1S/C17H20N2O3/c1-18-17(21)15-11-19(13-8-4-5-9-14(13)22-15)16(20)10-12-6-2-3-7-12/h2,4-6,8-9,12,15H,3,7,10-11H2,1H3,(H,18,21)/t12-,15+/m1/s1. The van der Waals surface area contributed by atoms with Gasteiger partial charge in [0, 0.05) is 13.5 Å². The molecule has 1 aromatic carbocycles. The Morgan fingerprint density at radius 3 is 2.91 bits per heavy atom. The van der Waals surface area contributed by atoms with Crippen LogP contribution in [0.5, 0.6) is 5.75 Å². The minimum absolute atomic E-state index is 0.0428. The van der Waals surface area contributed by atoms with E-state index < -0.39 is 6.10 Å². The molecule has 0 fully saturated rings. The van der Waals surface area contributed by atoms with Crippen LogP contribution in [0.25, 0.3) is 0 Å². The number of benzene rings is 1. The van der Waals surface area contributed by atoms with Crippen molar-refractivity contribution in [2.45, 2.75) is 25.4 Å². The first-order valence-electron chi connectivity index (χ1n) is 7.63. The monoisotopic (exact) mass is 300 g/mol. The van der Waals surface area contributed by atoms with Gasteiger partial charge in [0.15, 0.2) is 6.10 Å². The summed E-state index contributed by atoms with van der Waals surface area (Å²) in [7, 11) is 1.57. The molecule has 0 bridgehead atoms. The lowest BCUT2D eigenvalue weighted by molar-refractivity contribution is -0.128. The van der Waals surface area contributed by atoms with Gasteiger partial charge in [0.25, 0.3) is 5.91 Å². The number of nitrogens with zero attached hydrogens (tertiary/aromatic N) is 1. The molecule has 0 radical (unpaired) electrons. The molecule has 2 amide bonds. The number of fused-ring (bicyclic) bond motifs is 1. The minimum atomic E-state index is -0.664.